The second-order valence-corrected chi connectivity index (χ2v) is 5.34. The molecule has 0 atom stereocenters. The van der Waals surface area contributed by atoms with Crippen molar-refractivity contribution in [1.82, 2.24) is 0 Å². The first-order valence-electron chi connectivity index (χ1n) is 7.46. The summed E-state index contributed by atoms with van der Waals surface area (Å²) in [6, 6.07) is 12.6. The van der Waals surface area contributed by atoms with Crippen LogP contribution in [0.15, 0.2) is 63.8 Å². The van der Waals surface area contributed by atoms with E-state index in [1.165, 1.54) is 6.07 Å². The third-order valence-corrected chi connectivity index (χ3v) is 3.45. The molecule has 134 valence electrons. The van der Waals surface area contributed by atoms with Crippen molar-refractivity contribution in [2.24, 2.45) is 0 Å². The molecule has 0 bridgehead atoms. The van der Waals surface area contributed by atoms with Crippen LogP contribution in [0.1, 0.15) is 5.56 Å². The molecule has 0 fully saturated rings. The van der Waals surface area contributed by atoms with Crippen molar-refractivity contribution >= 4 is 22.6 Å². The number of halogens is 3. The zero-order chi connectivity index (χ0) is 18.7. The van der Waals surface area contributed by atoms with E-state index in [4.69, 9.17) is 9.15 Å². The van der Waals surface area contributed by atoms with Gasteiger partial charge in [-0.1, -0.05) is 18.2 Å². The number of fused-ring (bicyclic) bond motifs is 1. The van der Waals surface area contributed by atoms with E-state index in [1.54, 1.807) is 30.3 Å². The maximum Gasteiger partial charge on any atom is 0.417 e. The van der Waals surface area contributed by atoms with Crippen LogP contribution in [0.3, 0.4) is 0 Å². The predicted octanol–water partition coefficient (Wildman–Crippen LogP) is 3.83. The molecule has 5 nitrogen and oxygen atoms in total. The fourth-order valence-electron chi connectivity index (χ4n) is 2.33. The van der Waals surface area contributed by atoms with E-state index in [0.717, 1.165) is 12.1 Å². The standard InChI is InChI=1S/C18H12F3NO4/c19-18(20,21)14-9-17(24)26-15-8-12(6-7-13(14)15)25-10-16(23)22-11-4-2-1-3-5-11/h1-9H,10H2,(H,22,23). The Morgan fingerprint density at radius 2 is 1.81 bits per heavy atom. The van der Waals surface area contributed by atoms with Crippen molar-refractivity contribution in [3.63, 3.8) is 0 Å². The molecule has 8 heteroatoms. The first kappa shape index (κ1) is 17.5. The number of alkyl halides is 3. The van der Waals surface area contributed by atoms with E-state index < -0.39 is 23.3 Å². The number of hydrogen-bond acceptors (Lipinski definition) is 4. The van der Waals surface area contributed by atoms with Gasteiger partial charge in [0.1, 0.15) is 11.3 Å². The quantitative estimate of drug-likeness (QED) is 0.716. The highest BCUT2D eigenvalue weighted by Gasteiger charge is 2.33. The molecule has 0 spiro atoms. The van der Waals surface area contributed by atoms with Gasteiger partial charge < -0.3 is 14.5 Å². The molecule has 0 aliphatic rings. The number of amides is 1. The van der Waals surface area contributed by atoms with Gasteiger partial charge in [-0.15, -0.1) is 0 Å². The van der Waals surface area contributed by atoms with Crippen molar-refractivity contribution in [3.05, 3.63) is 70.6 Å². The van der Waals surface area contributed by atoms with Crippen LogP contribution < -0.4 is 15.7 Å². The number of nitrogens with one attached hydrogen (secondary N) is 1. The number of carbonyl (C=O) groups is 1. The van der Waals surface area contributed by atoms with Gasteiger partial charge >= 0.3 is 11.8 Å². The van der Waals surface area contributed by atoms with E-state index in [-0.39, 0.29) is 23.3 Å². The third kappa shape index (κ3) is 4.02. The summed E-state index contributed by atoms with van der Waals surface area (Å²) in [6.07, 6.45) is -4.69. The Morgan fingerprint density at radius 1 is 1.08 bits per heavy atom. The van der Waals surface area contributed by atoms with Gasteiger partial charge in [0.2, 0.25) is 0 Å². The van der Waals surface area contributed by atoms with Gasteiger partial charge in [-0.25, -0.2) is 4.79 Å². The first-order valence-corrected chi connectivity index (χ1v) is 7.46. The molecule has 2 aromatic carbocycles. The number of carbonyl (C=O) groups excluding carboxylic acids is 1. The smallest absolute Gasteiger partial charge is 0.417 e. The highest BCUT2D eigenvalue weighted by atomic mass is 19.4. The Kier molecular flexibility index (Phi) is 4.66. The molecule has 26 heavy (non-hydrogen) atoms. The van der Waals surface area contributed by atoms with E-state index in [1.807, 2.05) is 0 Å². The van der Waals surface area contributed by atoms with Crippen molar-refractivity contribution in [2.75, 3.05) is 11.9 Å². The summed E-state index contributed by atoms with van der Waals surface area (Å²) in [6.45, 7) is -0.358. The second kappa shape index (κ2) is 6.91. The maximum atomic E-state index is 13.0. The molecule has 0 saturated heterocycles. The fourth-order valence-corrected chi connectivity index (χ4v) is 2.33. The summed E-state index contributed by atoms with van der Waals surface area (Å²) in [5.41, 5.74) is -1.90. The number of rotatable bonds is 4. The number of hydrogen-bond donors (Lipinski definition) is 1. The molecule has 0 aliphatic carbocycles. The molecule has 0 aliphatic heterocycles. The van der Waals surface area contributed by atoms with Crippen molar-refractivity contribution in [2.45, 2.75) is 6.18 Å². The van der Waals surface area contributed by atoms with Gasteiger partial charge in [0.25, 0.3) is 5.91 Å². The topological polar surface area (TPSA) is 68.5 Å². The molecular weight excluding hydrogens is 351 g/mol. The lowest BCUT2D eigenvalue weighted by molar-refractivity contribution is -0.136. The Bertz CT molecular complexity index is 997. The molecule has 1 heterocycles. The predicted molar refractivity (Wildman–Crippen MR) is 88.1 cm³/mol. The summed E-state index contributed by atoms with van der Waals surface area (Å²) in [5.74, 6) is -0.343. The van der Waals surface area contributed by atoms with Gasteiger partial charge in [-0.05, 0) is 24.3 Å². The highest BCUT2D eigenvalue weighted by Crippen LogP contribution is 2.34. The lowest BCUT2D eigenvalue weighted by Crippen LogP contribution is -2.20. The van der Waals surface area contributed by atoms with Crippen LogP contribution in [0.2, 0.25) is 0 Å². The summed E-state index contributed by atoms with van der Waals surface area (Å²) < 4.78 is 49.0. The minimum absolute atomic E-state index is 0.100. The summed E-state index contributed by atoms with van der Waals surface area (Å²) in [4.78, 5) is 23.2. The third-order valence-electron chi connectivity index (χ3n) is 3.45. The van der Waals surface area contributed by atoms with Gasteiger partial charge in [-0.2, -0.15) is 13.2 Å². The zero-order valence-electron chi connectivity index (χ0n) is 13.2. The number of benzene rings is 2. The SMILES string of the molecule is O=C(COc1ccc2c(C(F)(F)F)cc(=O)oc2c1)Nc1ccccc1. The Morgan fingerprint density at radius 3 is 2.50 bits per heavy atom. The van der Waals surface area contributed by atoms with Crippen LogP contribution in [0.5, 0.6) is 5.75 Å². The average molecular weight is 363 g/mol. The van der Waals surface area contributed by atoms with E-state index in [0.29, 0.717) is 11.8 Å². The summed E-state index contributed by atoms with van der Waals surface area (Å²) in [5, 5.41) is 2.34. The molecule has 3 aromatic rings. The van der Waals surface area contributed by atoms with Gasteiger partial charge in [0, 0.05) is 23.2 Å². The van der Waals surface area contributed by atoms with E-state index in [2.05, 4.69) is 5.32 Å². The number of para-hydroxylation sites is 1. The van der Waals surface area contributed by atoms with Crippen molar-refractivity contribution in [3.8, 4) is 5.75 Å². The van der Waals surface area contributed by atoms with Crippen LogP contribution in [0, 0.1) is 0 Å². The molecule has 3 rings (SSSR count). The monoisotopic (exact) mass is 363 g/mol. The van der Waals surface area contributed by atoms with E-state index in [9.17, 15) is 22.8 Å². The van der Waals surface area contributed by atoms with Gasteiger partial charge in [0.05, 0.1) is 5.56 Å². The average Bonchev–Trinajstić information content (AvgIpc) is 2.59. The van der Waals surface area contributed by atoms with E-state index >= 15 is 0 Å². The Balaban J connectivity index is 1.77. The number of ether oxygens (including phenoxy) is 1. The fraction of sp³-hybridized carbons (Fsp3) is 0.111. The largest absolute Gasteiger partial charge is 0.484 e. The highest BCUT2D eigenvalue weighted by molar-refractivity contribution is 5.92. The zero-order valence-corrected chi connectivity index (χ0v) is 13.2. The minimum Gasteiger partial charge on any atom is -0.484 e. The Labute approximate surface area is 145 Å². The molecule has 1 amide bonds. The normalized spacial score (nSPS) is 11.3. The van der Waals surface area contributed by atoms with Crippen LogP contribution in [-0.4, -0.2) is 12.5 Å². The van der Waals surface area contributed by atoms with Crippen molar-refractivity contribution < 1.29 is 27.1 Å². The molecule has 1 aromatic heterocycles. The molecule has 1 N–H and O–H groups in total. The minimum atomic E-state index is -4.69. The van der Waals surface area contributed by atoms with Crippen molar-refractivity contribution in [1.29, 1.82) is 0 Å². The summed E-state index contributed by atoms with van der Waals surface area (Å²) in [7, 11) is 0. The lowest BCUT2D eigenvalue weighted by atomic mass is 10.1. The summed E-state index contributed by atoms with van der Waals surface area (Å²) >= 11 is 0. The molecular formula is C18H12F3NO4. The van der Waals surface area contributed by atoms with Gasteiger partial charge in [0.15, 0.2) is 6.61 Å². The number of anilines is 1. The molecule has 0 radical (unpaired) electrons. The van der Waals surface area contributed by atoms with Crippen LogP contribution in [0.25, 0.3) is 11.0 Å². The van der Waals surface area contributed by atoms with Crippen LogP contribution in [-0.2, 0) is 11.0 Å². The lowest BCUT2D eigenvalue weighted by Gasteiger charge is -2.11. The van der Waals surface area contributed by atoms with Gasteiger partial charge in [-0.3, -0.25) is 4.79 Å². The first-order chi connectivity index (χ1) is 12.3. The Hall–Kier alpha value is -3.29. The second-order valence-electron chi connectivity index (χ2n) is 5.34. The van der Waals surface area contributed by atoms with Crippen LogP contribution in [0.4, 0.5) is 18.9 Å². The maximum absolute atomic E-state index is 13.0. The van der Waals surface area contributed by atoms with Crippen LogP contribution >= 0.6 is 0 Å². The molecule has 0 unspecified atom stereocenters. The molecule has 0 saturated carbocycles.